The summed E-state index contributed by atoms with van der Waals surface area (Å²) in [5.74, 6) is 6.05. The van der Waals surface area contributed by atoms with Crippen molar-refractivity contribution in [3.63, 3.8) is 0 Å². The molecule has 4 heteroatoms. The average Bonchev–Trinajstić information content (AvgIpc) is 3.09. The van der Waals surface area contributed by atoms with E-state index in [0.717, 1.165) is 35.5 Å². The molecule has 1 N–H and O–H groups in total. The van der Waals surface area contributed by atoms with Crippen LogP contribution in [0.15, 0.2) is 35.2 Å². The Morgan fingerprint density at radius 3 is 2.50 bits per heavy atom. The van der Waals surface area contributed by atoms with E-state index in [2.05, 4.69) is 18.6 Å². The lowest BCUT2D eigenvalue weighted by Crippen LogP contribution is -2.49. The zero-order valence-corrected chi connectivity index (χ0v) is 19.5. The standard InChI is InChI=1S/C26H39NO2S/c1-18-8-11-22-19(16-18)9-12-24-23(22)14-15-26(2)20(10-13-25(24)26)17-27-30(28,29)21-6-4-3-5-7-21/h3-7,18-20,22-25,27H,8-17H2,1-2H3/t18-,19+,20+,22-,23?,24+,25?,26+/m0/s1. The number of benzene rings is 1. The van der Waals surface area contributed by atoms with Gasteiger partial charge in [-0.1, -0.05) is 38.5 Å². The summed E-state index contributed by atoms with van der Waals surface area (Å²) in [6.07, 6.45) is 12.4. The predicted octanol–water partition coefficient (Wildman–Crippen LogP) is 5.87. The highest BCUT2D eigenvalue weighted by atomic mass is 32.2. The van der Waals surface area contributed by atoms with Crippen LogP contribution in [0.4, 0.5) is 0 Å². The van der Waals surface area contributed by atoms with Crippen LogP contribution in [0.2, 0.25) is 0 Å². The van der Waals surface area contributed by atoms with Crippen LogP contribution >= 0.6 is 0 Å². The van der Waals surface area contributed by atoms with E-state index >= 15 is 0 Å². The number of sulfonamides is 1. The molecule has 30 heavy (non-hydrogen) atoms. The van der Waals surface area contributed by atoms with Crippen LogP contribution in [0, 0.1) is 46.8 Å². The van der Waals surface area contributed by atoms with Crippen molar-refractivity contribution in [3.8, 4) is 0 Å². The van der Waals surface area contributed by atoms with Crippen molar-refractivity contribution >= 4 is 10.0 Å². The van der Waals surface area contributed by atoms with Gasteiger partial charge in [0.15, 0.2) is 0 Å². The summed E-state index contributed by atoms with van der Waals surface area (Å²) in [5, 5.41) is 0. The zero-order chi connectivity index (χ0) is 20.9. The Morgan fingerprint density at radius 2 is 1.70 bits per heavy atom. The molecule has 0 aliphatic heterocycles. The molecule has 1 aromatic carbocycles. The molecule has 5 rings (SSSR count). The minimum absolute atomic E-state index is 0.315. The first-order valence-electron chi connectivity index (χ1n) is 12.4. The van der Waals surface area contributed by atoms with Gasteiger partial charge >= 0.3 is 0 Å². The van der Waals surface area contributed by atoms with E-state index in [0.29, 0.717) is 22.8 Å². The van der Waals surface area contributed by atoms with E-state index in [9.17, 15) is 8.42 Å². The number of rotatable bonds is 4. The summed E-state index contributed by atoms with van der Waals surface area (Å²) in [5.41, 5.74) is 0.315. The molecule has 0 radical (unpaired) electrons. The van der Waals surface area contributed by atoms with Gasteiger partial charge in [-0.25, -0.2) is 13.1 Å². The third-order valence-electron chi connectivity index (χ3n) is 9.99. The highest BCUT2D eigenvalue weighted by Gasteiger charge is 2.56. The highest BCUT2D eigenvalue weighted by Crippen LogP contribution is 2.64. The van der Waals surface area contributed by atoms with Crippen LogP contribution in [0.3, 0.4) is 0 Å². The van der Waals surface area contributed by atoms with Crippen molar-refractivity contribution in [3.05, 3.63) is 30.3 Å². The Kier molecular flexibility index (Phi) is 5.54. The van der Waals surface area contributed by atoms with Crippen LogP contribution in [0.25, 0.3) is 0 Å². The van der Waals surface area contributed by atoms with Gasteiger partial charge in [-0.05, 0) is 110 Å². The second-order valence-corrected chi connectivity index (χ2v) is 13.1. The van der Waals surface area contributed by atoms with Crippen molar-refractivity contribution in [2.45, 2.75) is 76.5 Å². The van der Waals surface area contributed by atoms with Crippen molar-refractivity contribution in [2.75, 3.05) is 6.54 Å². The normalized spacial score (nSPS) is 43.5. The molecule has 0 heterocycles. The van der Waals surface area contributed by atoms with Gasteiger partial charge in [-0.3, -0.25) is 0 Å². The zero-order valence-electron chi connectivity index (χ0n) is 18.7. The lowest BCUT2D eigenvalue weighted by atomic mass is 9.49. The monoisotopic (exact) mass is 429 g/mol. The maximum Gasteiger partial charge on any atom is 0.240 e. The SMILES string of the molecule is C[C@H]1CC[C@@H]2C3CC[C@@]4(C)C(CC[C@@H]4CNS(=O)(=O)c4ccccc4)[C@@H]3CC[C@@H]2C1. The molecule has 0 aromatic heterocycles. The molecule has 0 bridgehead atoms. The van der Waals surface area contributed by atoms with E-state index in [-0.39, 0.29) is 0 Å². The Balaban J connectivity index is 1.28. The minimum atomic E-state index is -3.41. The maximum atomic E-state index is 12.8. The van der Waals surface area contributed by atoms with Crippen LogP contribution in [0.1, 0.15) is 71.6 Å². The summed E-state index contributed by atoms with van der Waals surface area (Å²) in [4.78, 5) is 0.387. The number of hydrogen-bond acceptors (Lipinski definition) is 2. The average molecular weight is 430 g/mol. The fourth-order valence-electron chi connectivity index (χ4n) is 8.43. The van der Waals surface area contributed by atoms with Crippen LogP contribution in [0.5, 0.6) is 0 Å². The van der Waals surface area contributed by atoms with Crippen molar-refractivity contribution in [1.29, 1.82) is 0 Å². The summed E-state index contributed by atoms with van der Waals surface area (Å²) >= 11 is 0. The van der Waals surface area contributed by atoms with Crippen LogP contribution in [-0.4, -0.2) is 15.0 Å². The molecule has 0 spiro atoms. The first-order chi connectivity index (χ1) is 14.4. The molecule has 4 aliphatic rings. The first kappa shape index (κ1) is 21.0. The van der Waals surface area contributed by atoms with E-state index in [1.165, 1.54) is 57.8 Å². The van der Waals surface area contributed by atoms with E-state index < -0.39 is 10.0 Å². The van der Waals surface area contributed by atoms with E-state index in [1.807, 2.05) is 6.07 Å². The van der Waals surface area contributed by atoms with Gasteiger partial charge in [0, 0.05) is 6.54 Å². The summed E-state index contributed by atoms with van der Waals surface area (Å²) in [7, 11) is -3.41. The molecule has 4 saturated carbocycles. The molecule has 0 saturated heterocycles. The highest BCUT2D eigenvalue weighted by molar-refractivity contribution is 7.89. The Hall–Kier alpha value is -0.870. The Labute approximate surface area is 183 Å². The van der Waals surface area contributed by atoms with Crippen LogP contribution < -0.4 is 4.72 Å². The van der Waals surface area contributed by atoms with Crippen molar-refractivity contribution in [1.82, 2.24) is 4.72 Å². The lowest BCUT2D eigenvalue weighted by molar-refractivity contribution is -0.0663. The third-order valence-corrected chi connectivity index (χ3v) is 11.4. The molecule has 3 nitrogen and oxygen atoms in total. The fraction of sp³-hybridized carbons (Fsp3) is 0.769. The molecule has 0 amide bonds. The molecule has 4 fully saturated rings. The van der Waals surface area contributed by atoms with Gasteiger partial charge in [0.1, 0.15) is 0 Å². The topological polar surface area (TPSA) is 46.2 Å². The molecule has 1 aromatic rings. The Morgan fingerprint density at radius 1 is 0.933 bits per heavy atom. The Bertz CT molecular complexity index is 853. The summed E-state index contributed by atoms with van der Waals surface area (Å²) in [6.45, 7) is 5.56. The summed E-state index contributed by atoms with van der Waals surface area (Å²) in [6, 6.07) is 8.84. The van der Waals surface area contributed by atoms with Crippen molar-refractivity contribution in [2.24, 2.45) is 46.8 Å². The number of nitrogens with one attached hydrogen (secondary N) is 1. The number of hydrogen-bond donors (Lipinski definition) is 1. The van der Waals surface area contributed by atoms with E-state index in [4.69, 9.17) is 0 Å². The van der Waals surface area contributed by atoms with Gasteiger partial charge in [0.05, 0.1) is 4.90 Å². The lowest BCUT2D eigenvalue weighted by Gasteiger charge is -2.56. The predicted molar refractivity (Wildman–Crippen MR) is 121 cm³/mol. The van der Waals surface area contributed by atoms with Gasteiger partial charge in [-0.15, -0.1) is 0 Å². The van der Waals surface area contributed by atoms with Gasteiger partial charge in [0.25, 0.3) is 0 Å². The quantitative estimate of drug-likeness (QED) is 0.650. The van der Waals surface area contributed by atoms with Gasteiger partial charge < -0.3 is 0 Å². The molecule has 4 aliphatic carbocycles. The second-order valence-electron chi connectivity index (χ2n) is 11.3. The van der Waals surface area contributed by atoms with Crippen molar-refractivity contribution < 1.29 is 8.42 Å². The molecular formula is C26H39NO2S. The molecule has 166 valence electrons. The second kappa shape index (κ2) is 7.92. The minimum Gasteiger partial charge on any atom is -0.211 e. The maximum absolute atomic E-state index is 12.8. The van der Waals surface area contributed by atoms with E-state index in [1.54, 1.807) is 24.3 Å². The van der Waals surface area contributed by atoms with Gasteiger partial charge in [-0.2, -0.15) is 0 Å². The smallest absolute Gasteiger partial charge is 0.211 e. The fourth-order valence-corrected chi connectivity index (χ4v) is 9.53. The molecular weight excluding hydrogens is 390 g/mol. The van der Waals surface area contributed by atoms with Gasteiger partial charge in [0.2, 0.25) is 10.0 Å². The molecule has 8 atom stereocenters. The third kappa shape index (κ3) is 3.56. The first-order valence-corrected chi connectivity index (χ1v) is 13.9. The number of fused-ring (bicyclic) bond motifs is 5. The summed E-state index contributed by atoms with van der Waals surface area (Å²) < 4.78 is 28.5. The van der Waals surface area contributed by atoms with Crippen LogP contribution in [-0.2, 0) is 10.0 Å². The molecule has 2 unspecified atom stereocenters. The largest absolute Gasteiger partial charge is 0.240 e.